The Morgan fingerprint density at radius 2 is 1.74 bits per heavy atom. The average molecular weight is 269 g/mol. The summed E-state index contributed by atoms with van der Waals surface area (Å²) in [6.07, 6.45) is 9.29. The van der Waals surface area contributed by atoms with Crippen LogP contribution in [0.25, 0.3) is 0 Å². The van der Waals surface area contributed by atoms with Gasteiger partial charge in [-0.05, 0) is 32.6 Å². The second kappa shape index (κ2) is 10.0. The van der Waals surface area contributed by atoms with Crippen LogP contribution < -0.4 is 0 Å². The van der Waals surface area contributed by atoms with Gasteiger partial charge in [0.2, 0.25) is 0 Å². The van der Waals surface area contributed by atoms with Crippen molar-refractivity contribution in [2.75, 3.05) is 34.3 Å². The molecule has 0 spiro atoms. The molecule has 0 saturated heterocycles. The number of nitrogens with zero attached hydrogens (tertiary/aromatic N) is 1. The van der Waals surface area contributed by atoms with E-state index in [-0.39, 0.29) is 5.97 Å². The Morgan fingerprint density at radius 1 is 1.11 bits per heavy atom. The van der Waals surface area contributed by atoms with Crippen molar-refractivity contribution in [2.24, 2.45) is 0 Å². The lowest BCUT2D eigenvalue weighted by atomic mass is 10.1. The smallest absolute Gasteiger partial charge is 0.333 e. The summed E-state index contributed by atoms with van der Waals surface area (Å²) in [5.41, 5.74) is 0.477. The highest BCUT2D eigenvalue weighted by molar-refractivity contribution is 5.86. The number of hydrogen-bond acceptors (Lipinski definition) is 2. The van der Waals surface area contributed by atoms with Crippen LogP contribution in [0.5, 0.6) is 0 Å². The van der Waals surface area contributed by atoms with E-state index >= 15 is 0 Å². The van der Waals surface area contributed by atoms with E-state index in [9.17, 15) is 4.79 Å². The summed E-state index contributed by atoms with van der Waals surface area (Å²) >= 11 is 0. The van der Waals surface area contributed by atoms with E-state index in [0.717, 1.165) is 17.3 Å². The van der Waals surface area contributed by atoms with Crippen LogP contribution in [0.15, 0.2) is 12.2 Å². The first kappa shape index (κ1) is 18.2. The SMILES string of the molecule is C=C(C)C(=O)OCCCCC[CH]CCC[N+](C)(C)C. The molecule has 0 amide bonds. The Bertz CT molecular complexity index is 266. The third-order valence-electron chi connectivity index (χ3n) is 2.87. The molecule has 111 valence electrons. The van der Waals surface area contributed by atoms with E-state index in [1.165, 1.54) is 32.2 Å². The molecular weight excluding hydrogens is 238 g/mol. The van der Waals surface area contributed by atoms with Gasteiger partial charge in [0.15, 0.2) is 0 Å². The maximum Gasteiger partial charge on any atom is 0.333 e. The summed E-state index contributed by atoms with van der Waals surface area (Å²) in [7, 11) is 6.69. The molecule has 3 heteroatoms. The van der Waals surface area contributed by atoms with E-state index in [1.54, 1.807) is 6.92 Å². The molecule has 0 aliphatic heterocycles. The summed E-state index contributed by atoms with van der Waals surface area (Å²) in [5.74, 6) is -0.271. The number of carbonyl (C=O) groups is 1. The molecule has 0 unspecified atom stereocenters. The fraction of sp³-hybridized carbons (Fsp3) is 0.750. The summed E-state index contributed by atoms with van der Waals surface area (Å²) in [4.78, 5) is 11.1. The average Bonchev–Trinajstić information content (AvgIpc) is 2.29. The van der Waals surface area contributed by atoms with Crippen molar-refractivity contribution in [3.8, 4) is 0 Å². The molecule has 0 rings (SSSR count). The van der Waals surface area contributed by atoms with Crippen molar-refractivity contribution < 1.29 is 14.0 Å². The maximum atomic E-state index is 11.1. The minimum absolute atomic E-state index is 0.271. The molecule has 0 aromatic heterocycles. The quantitative estimate of drug-likeness (QED) is 0.249. The van der Waals surface area contributed by atoms with Crippen molar-refractivity contribution >= 4 is 5.97 Å². The molecule has 0 aliphatic carbocycles. The second-order valence-electron chi connectivity index (χ2n) is 6.21. The molecule has 1 radical (unpaired) electrons. The number of quaternary nitrogens is 1. The molecule has 0 atom stereocenters. The van der Waals surface area contributed by atoms with Crippen molar-refractivity contribution in [3.05, 3.63) is 18.6 Å². The molecule has 0 saturated carbocycles. The van der Waals surface area contributed by atoms with E-state index in [1.807, 2.05) is 0 Å². The van der Waals surface area contributed by atoms with Gasteiger partial charge in [-0.1, -0.05) is 25.8 Å². The molecular formula is C16H31NO2+. The lowest BCUT2D eigenvalue weighted by Gasteiger charge is -2.23. The molecule has 0 aromatic carbocycles. The van der Waals surface area contributed by atoms with Gasteiger partial charge in [-0.2, -0.15) is 0 Å². The largest absolute Gasteiger partial charge is 0.462 e. The first-order valence-electron chi connectivity index (χ1n) is 7.27. The lowest BCUT2D eigenvalue weighted by Crippen LogP contribution is -2.35. The Kier molecular flexibility index (Phi) is 9.58. The Morgan fingerprint density at radius 3 is 2.32 bits per heavy atom. The van der Waals surface area contributed by atoms with Crippen molar-refractivity contribution in [3.63, 3.8) is 0 Å². The molecule has 0 N–H and O–H groups in total. The van der Waals surface area contributed by atoms with Gasteiger partial charge >= 0.3 is 5.97 Å². The van der Waals surface area contributed by atoms with Crippen LogP contribution in [0, 0.1) is 6.42 Å². The van der Waals surface area contributed by atoms with Crippen LogP contribution in [0.4, 0.5) is 0 Å². The third-order valence-corrected chi connectivity index (χ3v) is 2.87. The first-order valence-corrected chi connectivity index (χ1v) is 7.27. The number of hydrogen-bond donors (Lipinski definition) is 0. The molecule has 0 aliphatic rings. The van der Waals surface area contributed by atoms with Gasteiger partial charge in [-0.15, -0.1) is 0 Å². The normalized spacial score (nSPS) is 11.4. The van der Waals surface area contributed by atoms with Crippen LogP contribution >= 0.6 is 0 Å². The summed E-state index contributed by atoms with van der Waals surface area (Å²) in [5, 5.41) is 0. The Balaban J connectivity index is 3.20. The van der Waals surface area contributed by atoms with Gasteiger partial charge in [0.1, 0.15) is 0 Å². The van der Waals surface area contributed by atoms with Gasteiger partial charge in [0.25, 0.3) is 0 Å². The number of unbranched alkanes of at least 4 members (excludes halogenated alkanes) is 6. The second-order valence-corrected chi connectivity index (χ2v) is 6.21. The van der Waals surface area contributed by atoms with Gasteiger partial charge in [-0.25, -0.2) is 4.79 Å². The minimum Gasteiger partial charge on any atom is -0.462 e. The Hall–Kier alpha value is -0.830. The molecule has 0 fully saturated rings. The van der Waals surface area contributed by atoms with Crippen LogP contribution in [0.2, 0.25) is 0 Å². The van der Waals surface area contributed by atoms with Crippen LogP contribution in [0.1, 0.15) is 45.4 Å². The zero-order valence-corrected chi connectivity index (χ0v) is 13.2. The van der Waals surface area contributed by atoms with Crippen molar-refractivity contribution in [1.82, 2.24) is 0 Å². The highest BCUT2D eigenvalue weighted by Gasteiger charge is 2.05. The van der Waals surface area contributed by atoms with Crippen LogP contribution in [-0.2, 0) is 9.53 Å². The van der Waals surface area contributed by atoms with Crippen molar-refractivity contribution in [1.29, 1.82) is 0 Å². The summed E-state index contributed by atoms with van der Waals surface area (Å²) in [6.45, 7) is 6.97. The van der Waals surface area contributed by atoms with E-state index in [2.05, 4.69) is 34.1 Å². The molecule has 0 aromatic rings. The van der Waals surface area contributed by atoms with Gasteiger partial charge in [0.05, 0.1) is 34.3 Å². The third kappa shape index (κ3) is 13.4. The van der Waals surface area contributed by atoms with Gasteiger partial charge < -0.3 is 9.22 Å². The topological polar surface area (TPSA) is 26.3 Å². The van der Waals surface area contributed by atoms with Crippen LogP contribution in [0.3, 0.4) is 0 Å². The van der Waals surface area contributed by atoms with Gasteiger partial charge in [-0.3, -0.25) is 0 Å². The molecule has 3 nitrogen and oxygen atoms in total. The molecule has 19 heavy (non-hydrogen) atoms. The fourth-order valence-corrected chi connectivity index (χ4v) is 1.71. The van der Waals surface area contributed by atoms with Crippen molar-refractivity contribution in [2.45, 2.75) is 45.4 Å². The van der Waals surface area contributed by atoms with E-state index in [4.69, 9.17) is 4.74 Å². The highest BCUT2D eigenvalue weighted by atomic mass is 16.5. The maximum absolute atomic E-state index is 11.1. The van der Waals surface area contributed by atoms with E-state index < -0.39 is 0 Å². The monoisotopic (exact) mass is 269 g/mol. The summed E-state index contributed by atoms with van der Waals surface area (Å²) in [6, 6.07) is 0. The number of rotatable bonds is 11. The predicted molar refractivity (Wildman–Crippen MR) is 80.7 cm³/mol. The molecule has 0 bridgehead atoms. The lowest BCUT2D eigenvalue weighted by molar-refractivity contribution is -0.870. The number of esters is 1. The fourth-order valence-electron chi connectivity index (χ4n) is 1.71. The summed E-state index contributed by atoms with van der Waals surface area (Å²) < 4.78 is 6.08. The number of carbonyl (C=O) groups excluding carboxylic acids is 1. The zero-order valence-electron chi connectivity index (χ0n) is 13.2. The van der Waals surface area contributed by atoms with Crippen LogP contribution in [-0.4, -0.2) is 44.7 Å². The zero-order chi connectivity index (χ0) is 14.7. The minimum atomic E-state index is -0.271. The van der Waals surface area contributed by atoms with E-state index in [0.29, 0.717) is 12.2 Å². The molecule has 0 heterocycles. The first-order chi connectivity index (χ1) is 8.83. The standard InChI is InChI=1S/C16H31NO2/c1-15(2)16(18)19-14-12-10-8-6-7-9-11-13-17(3,4)5/h7H,1,6,8-14H2,2-5H3/q+1. The Labute approximate surface area is 119 Å². The highest BCUT2D eigenvalue weighted by Crippen LogP contribution is 2.08. The van der Waals surface area contributed by atoms with Gasteiger partial charge in [0, 0.05) is 5.57 Å². The predicted octanol–water partition coefficient (Wildman–Crippen LogP) is 3.36. The number of ether oxygens (including phenoxy) is 1.